The van der Waals surface area contributed by atoms with Crippen molar-refractivity contribution in [3.8, 4) is 0 Å². The summed E-state index contributed by atoms with van der Waals surface area (Å²) in [5, 5.41) is 3.37. The first-order chi connectivity index (χ1) is 18.7. The molecule has 8 heteroatoms. The van der Waals surface area contributed by atoms with Crippen LogP contribution in [0, 0.1) is 5.92 Å². The zero-order chi connectivity index (χ0) is 26.2. The molecule has 0 saturated carbocycles. The van der Waals surface area contributed by atoms with E-state index in [1.54, 1.807) is 0 Å². The van der Waals surface area contributed by atoms with Crippen molar-refractivity contribution in [2.45, 2.75) is 50.5 Å². The molecule has 0 spiro atoms. The molecule has 3 heterocycles. The van der Waals surface area contributed by atoms with Crippen LogP contribution in [0.3, 0.4) is 0 Å². The van der Waals surface area contributed by atoms with Gasteiger partial charge in [0.2, 0.25) is 5.91 Å². The zero-order valence-electron chi connectivity index (χ0n) is 22.0. The second kappa shape index (κ2) is 13.2. The van der Waals surface area contributed by atoms with E-state index in [4.69, 9.17) is 14.2 Å². The summed E-state index contributed by atoms with van der Waals surface area (Å²) < 4.78 is 17.6. The SMILES string of the molecule is O=C(OCc1ccccc1)N1CCC(CCO[C@@H]2CN[C@H](C(=O)N3CCO[C@H](c4ccccc4)C3)C2)CC1. The first kappa shape index (κ1) is 26.7. The second-order valence-electron chi connectivity index (χ2n) is 10.5. The minimum absolute atomic E-state index is 0.0583. The monoisotopic (exact) mass is 521 g/mol. The lowest BCUT2D eigenvalue weighted by molar-refractivity contribution is -0.141. The highest BCUT2D eigenvalue weighted by atomic mass is 16.6. The van der Waals surface area contributed by atoms with Gasteiger partial charge in [-0.05, 0) is 42.7 Å². The highest BCUT2D eigenvalue weighted by Gasteiger charge is 2.35. The van der Waals surface area contributed by atoms with E-state index in [1.165, 1.54) is 0 Å². The highest BCUT2D eigenvalue weighted by molar-refractivity contribution is 5.82. The van der Waals surface area contributed by atoms with Crippen molar-refractivity contribution in [2.75, 3.05) is 45.9 Å². The van der Waals surface area contributed by atoms with Gasteiger partial charge in [-0.15, -0.1) is 0 Å². The Kier molecular flexibility index (Phi) is 9.28. The molecule has 3 atom stereocenters. The summed E-state index contributed by atoms with van der Waals surface area (Å²) in [6.07, 6.45) is 3.37. The van der Waals surface area contributed by atoms with Crippen molar-refractivity contribution in [1.82, 2.24) is 15.1 Å². The minimum atomic E-state index is -0.230. The maximum Gasteiger partial charge on any atom is 0.410 e. The summed E-state index contributed by atoms with van der Waals surface area (Å²) in [6.45, 7) is 4.92. The molecule has 3 aliphatic rings. The third-order valence-electron chi connectivity index (χ3n) is 7.90. The molecule has 0 aliphatic carbocycles. The number of nitrogens with zero attached hydrogens (tertiary/aromatic N) is 2. The lowest BCUT2D eigenvalue weighted by Gasteiger charge is -2.34. The number of hydrogen-bond acceptors (Lipinski definition) is 6. The molecule has 1 N–H and O–H groups in total. The van der Waals surface area contributed by atoms with Crippen LogP contribution in [0.25, 0.3) is 0 Å². The average Bonchev–Trinajstić information content (AvgIpc) is 3.46. The van der Waals surface area contributed by atoms with Crippen LogP contribution in [-0.2, 0) is 25.6 Å². The van der Waals surface area contributed by atoms with Gasteiger partial charge < -0.3 is 29.3 Å². The van der Waals surface area contributed by atoms with Gasteiger partial charge in [0.25, 0.3) is 0 Å². The Morgan fingerprint density at radius 3 is 2.45 bits per heavy atom. The van der Waals surface area contributed by atoms with Gasteiger partial charge in [0.1, 0.15) is 12.7 Å². The molecule has 2 amide bonds. The van der Waals surface area contributed by atoms with E-state index in [1.807, 2.05) is 58.3 Å². The number of benzene rings is 2. The largest absolute Gasteiger partial charge is 0.445 e. The van der Waals surface area contributed by atoms with Gasteiger partial charge in [0.05, 0.1) is 25.3 Å². The average molecular weight is 522 g/mol. The van der Waals surface area contributed by atoms with E-state index in [2.05, 4.69) is 17.4 Å². The van der Waals surface area contributed by atoms with Gasteiger partial charge in [-0.3, -0.25) is 4.79 Å². The first-order valence-electron chi connectivity index (χ1n) is 13.9. The number of carbonyl (C=O) groups excluding carboxylic acids is 2. The van der Waals surface area contributed by atoms with Crippen molar-refractivity contribution >= 4 is 12.0 Å². The van der Waals surface area contributed by atoms with Crippen LogP contribution in [-0.4, -0.2) is 79.9 Å². The first-order valence-corrected chi connectivity index (χ1v) is 13.9. The fourth-order valence-electron chi connectivity index (χ4n) is 5.57. The van der Waals surface area contributed by atoms with Gasteiger partial charge in [-0.25, -0.2) is 4.79 Å². The van der Waals surface area contributed by atoms with E-state index in [9.17, 15) is 9.59 Å². The predicted molar refractivity (Wildman–Crippen MR) is 143 cm³/mol. The molecule has 3 aliphatic heterocycles. The Hall–Kier alpha value is -2.94. The molecule has 3 saturated heterocycles. The normalized spacial score (nSPS) is 24.4. The van der Waals surface area contributed by atoms with Gasteiger partial charge >= 0.3 is 6.09 Å². The Labute approximate surface area is 225 Å². The topological polar surface area (TPSA) is 80.3 Å². The Balaban J connectivity index is 0.971. The van der Waals surface area contributed by atoms with Gasteiger partial charge in [0.15, 0.2) is 0 Å². The molecule has 8 nitrogen and oxygen atoms in total. The fourth-order valence-corrected chi connectivity index (χ4v) is 5.57. The van der Waals surface area contributed by atoms with Crippen LogP contribution >= 0.6 is 0 Å². The van der Waals surface area contributed by atoms with Crippen LogP contribution in [0.15, 0.2) is 60.7 Å². The molecule has 204 valence electrons. The Morgan fingerprint density at radius 1 is 0.947 bits per heavy atom. The molecule has 0 unspecified atom stereocenters. The molecule has 0 radical (unpaired) electrons. The summed E-state index contributed by atoms with van der Waals surface area (Å²) >= 11 is 0. The maximum atomic E-state index is 13.2. The summed E-state index contributed by atoms with van der Waals surface area (Å²) in [6, 6.07) is 19.7. The molecule has 2 aromatic rings. The third-order valence-corrected chi connectivity index (χ3v) is 7.90. The number of likely N-dealkylation sites (tertiary alicyclic amines) is 1. The van der Waals surface area contributed by atoms with E-state index >= 15 is 0 Å². The highest BCUT2D eigenvalue weighted by Crippen LogP contribution is 2.25. The van der Waals surface area contributed by atoms with Crippen LogP contribution in [0.4, 0.5) is 4.79 Å². The third kappa shape index (κ3) is 7.12. The quantitative estimate of drug-likeness (QED) is 0.570. The molecule has 2 aromatic carbocycles. The molecule has 38 heavy (non-hydrogen) atoms. The van der Waals surface area contributed by atoms with Gasteiger partial charge in [0, 0.05) is 32.8 Å². The maximum absolute atomic E-state index is 13.2. The number of rotatable bonds is 8. The standard InChI is InChI=1S/C30H39N3O5/c34-29(33-16-18-37-28(21-33)25-9-5-2-6-10-25)27-19-26(20-31-27)36-17-13-23-11-14-32(15-12-23)30(35)38-22-24-7-3-1-4-8-24/h1-10,23,26-28,31H,11-22H2/t26-,27-,28-/m0/s1. The number of ether oxygens (including phenoxy) is 3. The van der Waals surface area contributed by atoms with Crippen molar-refractivity contribution < 1.29 is 23.8 Å². The van der Waals surface area contributed by atoms with E-state index in [0.717, 1.165) is 43.5 Å². The predicted octanol–water partition coefficient (Wildman–Crippen LogP) is 3.77. The Morgan fingerprint density at radius 2 is 1.68 bits per heavy atom. The number of amides is 2. The van der Waals surface area contributed by atoms with Crippen molar-refractivity contribution in [1.29, 1.82) is 0 Å². The van der Waals surface area contributed by atoms with Crippen LogP contribution in [0.2, 0.25) is 0 Å². The molecular formula is C30H39N3O5. The lowest BCUT2D eigenvalue weighted by atomic mass is 9.94. The minimum Gasteiger partial charge on any atom is -0.445 e. The van der Waals surface area contributed by atoms with Crippen molar-refractivity contribution in [3.05, 3.63) is 71.8 Å². The van der Waals surface area contributed by atoms with Crippen LogP contribution < -0.4 is 5.32 Å². The molecule has 3 fully saturated rings. The summed E-state index contributed by atoms with van der Waals surface area (Å²) in [5.74, 6) is 0.690. The summed E-state index contributed by atoms with van der Waals surface area (Å²) in [5.41, 5.74) is 2.11. The van der Waals surface area contributed by atoms with E-state index < -0.39 is 0 Å². The Bertz CT molecular complexity index is 1030. The van der Waals surface area contributed by atoms with E-state index in [0.29, 0.717) is 51.8 Å². The van der Waals surface area contributed by atoms with Crippen molar-refractivity contribution in [2.24, 2.45) is 5.92 Å². The summed E-state index contributed by atoms with van der Waals surface area (Å²) in [4.78, 5) is 29.3. The van der Waals surface area contributed by atoms with Gasteiger partial charge in [-0.1, -0.05) is 60.7 Å². The van der Waals surface area contributed by atoms with Crippen molar-refractivity contribution in [3.63, 3.8) is 0 Å². The number of carbonyl (C=O) groups is 2. The zero-order valence-corrected chi connectivity index (χ0v) is 22.0. The molecule has 5 rings (SSSR count). The smallest absolute Gasteiger partial charge is 0.410 e. The van der Waals surface area contributed by atoms with Crippen LogP contribution in [0.1, 0.15) is 42.9 Å². The number of hydrogen-bond donors (Lipinski definition) is 1. The van der Waals surface area contributed by atoms with E-state index in [-0.39, 0.29) is 30.3 Å². The number of piperidine rings is 1. The second-order valence-corrected chi connectivity index (χ2v) is 10.5. The summed E-state index contributed by atoms with van der Waals surface area (Å²) in [7, 11) is 0. The van der Waals surface area contributed by atoms with Gasteiger partial charge in [-0.2, -0.15) is 0 Å². The number of nitrogens with one attached hydrogen (secondary N) is 1. The molecule has 0 bridgehead atoms. The lowest BCUT2D eigenvalue weighted by Crippen LogP contribution is -2.49. The molecule has 0 aromatic heterocycles. The number of morpholine rings is 1. The van der Waals surface area contributed by atoms with Crippen LogP contribution in [0.5, 0.6) is 0 Å². The molecular weight excluding hydrogens is 482 g/mol. The fraction of sp³-hybridized carbons (Fsp3) is 0.533.